The van der Waals surface area contributed by atoms with Crippen LogP contribution in [0.1, 0.15) is 13.8 Å². The van der Waals surface area contributed by atoms with Gasteiger partial charge in [0.15, 0.2) is 3.92 Å². The fraction of sp³-hybridized carbons (Fsp3) is 0.750. The Kier molecular flexibility index (Phi) is 4.77. The zero-order chi connectivity index (χ0) is 10.6. The minimum absolute atomic E-state index is 0.278. The number of ether oxygens (including phenoxy) is 1. The topological polar surface area (TPSA) is 47.0 Å². The van der Waals surface area contributed by atoms with E-state index < -0.39 is 0 Å². The highest BCUT2D eigenvalue weighted by molar-refractivity contribution is 9.11. The summed E-state index contributed by atoms with van der Waals surface area (Å²) in [5.41, 5.74) is 0. The van der Waals surface area contributed by atoms with Crippen molar-refractivity contribution < 1.29 is 4.74 Å². The van der Waals surface area contributed by atoms with E-state index in [0.29, 0.717) is 12.5 Å². The number of nitrogens with one attached hydrogen (secondary N) is 1. The Morgan fingerprint density at radius 3 is 2.64 bits per heavy atom. The van der Waals surface area contributed by atoms with Crippen molar-refractivity contribution >= 4 is 32.4 Å². The van der Waals surface area contributed by atoms with Crippen LogP contribution in [-0.4, -0.2) is 30.0 Å². The first kappa shape index (κ1) is 11.9. The number of rotatable bonds is 5. The molecule has 0 aliphatic rings. The molecule has 0 bridgehead atoms. The lowest BCUT2D eigenvalue weighted by Crippen LogP contribution is -2.30. The quantitative estimate of drug-likeness (QED) is 0.899. The molecule has 1 aromatic heterocycles. The molecule has 80 valence electrons. The van der Waals surface area contributed by atoms with Crippen molar-refractivity contribution in [1.82, 2.24) is 10.2 Å². The maximum absolute atomic E-state index is 5.13. The lowest BCUT2D eigenvalue weighted by Gasteiger charge is -2.20. The molecule has 1 atom stereocenters. The fourth-order valence-electron chi connectivity index (χ4n) is 1.00. The number of hydrogen-bond acceptors (Lipinski definition) is 5. The first-order valence-electron chi connectivity index (χ1n) is 4.38. The van der Waals surface area contributed by atoms with Crippen LogP contribution in [0.3, 0.4) is 0 Å². The van der Waals surface area contributed by atoms with Crippen molar-refractivity contribution in [3.63, 3.8) is 0 Å². The largest absolute Gasteiger partial charge is 0.383 e. The molecule has 6 heteroatoms. The molecular formula is C8H14BrN3OS. The zero-order valence-corrected chi connectivity index (χ0v) is 10.9. The van der Waals surface area contributed by atoms with Crippen molar-refractivity contribution in [2.75, 3.05) is 19.0 Å². The zero-order valence-electron chi connectivity index (χ0n) is 8.45. The van der Waals surface area contributed by atoms with E-state index in [1.807, 2.05) is 0 Å². The van der Waals surface area contributed by atoms with Gasteiger partial charge in [0.05, 0.1) is 12.6 Å². The molecule has 1 rings (SSSR count). The maximum Gasteiger partial charge on any atom is 0.206 e. The predicted octanol–water partition coefficient (Wildman–Crippen LogP) is 2.38. The van der Waals surface area contributed by atoms with Gasteiger partial charge in [-0.15, -0.1) is 10.2 Å². The number of anilines is 1. The molecule has 0 saturated heterocycles. The van der Waals surface area contributed by atoms with Crippen molar-refractivity contribution in [3.05, 3.63) is 3.92 Å². The summed E-state index contributed by atoms with van der Waals surface area (Å²) in [4.78, 5) is 0. The van der Waals surface area contributed by atoms with Gasteiger partial charge in [0.2, 0.25) is 5.13 Å². The molecule has 0 spiro atoms. The number of aromatic nitrogens is 2. The molecule has 0 amide bonds. The second-order valence-electron chi connectivity index (χ2n) is 3.31. The van der Waals surface area contributed by atoms with E-state index >= 15 is 0 Å². The number of halogens is 1. The van der Waals surface area contributed by atoms with E-state index in [2.05, 4.69) is 45.3 Å². The van der Waals surface area contributed by atoms with Crippen LogP contribution in [0.5, 0.6) is 0 Å². The highest BCUT2D eigenvalue weighted by Gasteiger charge is 2.14. The lowest BCUT2D eigenvalue weighted by atomic mass is 10.1. The number of methoxy groups -OCH3 is 1. The molecule has 1 unspecified atom stereocenters. The van der Waals surface area contributed by atoms with Crippen LogP contribution in [0.2, 0.25) is 0 Å². The van der Waals surface area contributed by atoms with Gasteiger partial charge < -0.3 is 10.1 Å². The maximum atomic E-state index is 5.13. The summed E-state index contributed by atoms with van der Waals surface area (Å²) in [6, 6.07) is 0.278. The average Bonchev–Trinajstić information content (AvgIpc) is 2.50. The van der Waals surface area contributed by atoms with Crippen LogP contribution < -0.4 is 5.32 Å². The highest BCUT2D eigenvalue weighted by Crippen LogP contribution is 2.22. The molecule has 0 saturated carbocycles. The standard InChI is InChI=1S/C8H14BrN3OS/c1-5(2)6(4-13-3)10-8-12-11-7(9)14-8/h5-6H,4H2,1-3H3,(H,10,12). The SMILES string of the molecule is COCC(Nc1nnc(Br)s1)C(C)C. The Bertz CT molecular complexity index is 279. The van der Waals surface area contributed by atoms with Crippen LogP contribution in [0.15, 0.2) is 3.92 Å². The van der Waals surface area contributed by atoms with Crippen molar-refractivity contribution in [2.24, 2.45) is 5.92 Å². The molecule has 0 aromatic carbocycles. The highest BCUT2D eigenvalue weighted by atomic mass is 79.9. The average molecular weight is 280 g/mol. The first-order valence-corrected chi connectivity index (χ1v) is 5.99. The smallest absolute Gasteiger partial charge is 0.206 e. The molecule has 0 fully saturated rings. The molecule has 0 radical (unpaired) electrons. The monoisotopic (exact) mass is 279 g/mol. The summed E-state index contributed by atoms with van der Waals surface area (Å²) in [6.07, 6.45) is 0. The van der Waals surface area contributed by atoms with E-state index in [0.717, 1.165) is 9.05 Å². The van der Waals surface area contributed by atoms with Gasteiger partial charge in [-0.25, -0.2) is 0 Å². The van der Waals surface area contributed by atoms with Gasteiger partial charge in [0, 0.05) is 7.11 Å². The lowest BCUT2D eigenvalue weighted by molar-refractivity contribution is 0.171. The molecule has 14 heavy (non-hydrogen) atoms. The third-order valence-electron chi connectivity index (χ3n) is 1.86. The summed E-state index contributed by atoms with van der Waals surface area (Å²) >= 11 is 4.76. The van der Waals surface area contributed by atoms with Gasteiger partial charge in [0.25, 0.3) is 0 Å². The minimum atomic E-state index is 0.278. The van der Waals surface area contributed by atoms with E-state index in [-0.39, 0.29) is 6.04 Å². The summed E-state index contributed by atoms with van der Waals surface area (Å²) < 4.78 is 5.92. The van der Waals surface area contributed by atoms with Crippen LogP contribution >= 0.6 is 27.3 Å². The summed E-state index contributed by atoms with van der Waals surface area (Å²) in [5, 5.41) is 12.0. The minimum Gasteiger partial charge on any atom is -0.383 e. The second-order valence-corrected chi connectivity index (χ2v) is 5.56. The first-order chi connectivity index (χ1) is 6.63. The van der Waals surface area contributed by atoms with E-state index in [9.17, 15) is 0 Å². The third kappa shape index (κ3) is 3.51. The van der Waals surface area contributed by atoms with Gasteiger partial charge in [0.1, 0.15) is 0 Å². The Morgan fingerprint density at radius 2 is 2.21 bits per heavy atom. The number of nitrogens with zero attached hydrogens (tertiary/aromatic N) is 2. The molecular weight excluding hydrogens is 266 g/mol. The van der Waals surface area contributed by atoms with Gasteiger partial charge in [-0.3, -0.25) is 0 Å². The molecule has 0 aliphatic carbocycles. The van der Waals surface area contributed by atoms with Crippen LogP contribution in [0.25, 0.3) is 0 Å². The van der Waals surface area contributed by atoms with E-state index in [4.69, 9.17) is 4.74 Å². The summed E-state index contributed by atoms with van der Waals surface area (Å²) in [7, 11) is 1.70. The Balaban J connectivity index is 2.55. The summed E-state index contributed by atoms with van der Waals surface area (Å²) in [5.74, 6) is 0.498. The molecule has 1 aromatic rings. The van der Waals surface area contributed by atoms with Gasteiger partial charge in [-0.1, -0.05) is 25.2 Å². The Labute approximate surface area is 96.2 Å². The van der Waals surface area contributed by atoms with Gasteiger partial charge >= 0.3 is 0 Å². The molecule has 4 nitrogen and oxygen atoms in total. The van der Waals surface area contributed by atoms with Crippen molar-refractivity contribution in [3.8, 4) is 0 Å². The Morgan fingerprint density at radius 1 is 1.50 bits per heavy atom. The predicted molar refractivity (Wildman–Crippen MR) is 61.7 cm³/mol. The van der Waals surface area contributed by atoms with Crippen LogP contribution in [0, 0.1) is 5.92 Å². The van der Waals surface area contributed by atoms with Gasteiger partial charge in [-0.05, 0) is 21.8 Å². The molecule has 1 heterocycles. The third-order valence-corrected chi connectivity index (χ3v) is 3.15. The van der Waals surface area contributed by atoms with Crippen molar-refractivity contribution in [2.45, 2.75) is 19.9 Å². The van der Waals surface area contributed by atoms with Crippen molar-refractivity contribution in [1.29, 1.82) is 0 Å². The van der Waals surface area contributed by atoms with Crippen LogP contribution in [0.4, 0.5) is 5.13 Å². The summed E-state index contributed by atoms with van der Waals surface area (Å²) in [6.45, 7) is 4.97. The second kappa shape index (κ2) is 5.63. The molecule has 0 aliphatic heterocycles. The van der Waals surface area contributed by atoms with Gasteiger partial charge in [-0.2, -0.15) is 0 Å². The number of hydrogen-bond donors (Lipinski definition) is 1. The normalized spacial score (nSPS) is 13.2. The fourth-order valence-corrected chi connectivity index (χ4v) is 2.08. The van der Waals surface area contributed by atoms with E-state index in [1.54, 1.807) is 7.11 Å². The van der Waals surface area contributed by atoms with Crippen LogP contribution in [-0.2, 0) is 4.74 Å². The Hall–Kier alpha value is -0.200. The molecule has 1 N–H and O–H groups in total. The van der Waals surface area contributed by atoms with E-state index in [1.165, 1.54) is 11.3 Å².